The summed E-state index contributed by atoms with van der Waals surface area (Å²) in [5.74, 6) is 0. The van der Waals surface area contributed by atoms with Crippen LogP contribution in [0.1, 0.15) is 32.4 Å². The molecule has 1 aromatic carbocycles. The van der Waals surface area contributed by atoms with E-state index in [1.165, 1.54) is 5.56 Å². The van der Waals surface area contributed by atoms with Gasteiger partial charge in [-0.15, -0.1) is 0 Å². The van der Waals surface area contributed by atoms with E-state index in [9.17, 15) is 0 Å². The molecular formula is C15H24O2Si. The molecule has 1 fully saturated rings. The van der Waals surface area contributed by atoms with Gasteiger partial charge >= 0.3 is 0 Å². The first-order valence-corrected chi connectivity index (χ1v) is 9.56. The first kappa shape index (κ1) is 13.8. The molecule has 1 heterocycles. The molecular weight excluding hydrogens is 240 g/mol. The maximum Gasteiger partial charge on any atom is 0.192 e. The minimum Gasteiger partial charge on any atom is -0.414 e. The van der Waals surface area contributed by atoms with Crippen LogP contribution in [0.2, 0.25) is 18.1 Å². The molecule has 0 aromatic heterocycles. The van der Waals surface area contributed by atoms with Gasteiger partial charge in [0.25, 0.3) is 0 Å². The molecule has 1 aliphatic rings. The van der Waals surface area contributed by atoms with Gasteiger partial charge in [-0.3, -0.25) is 0 Å². The third-order valence-electron chi connectivity index (χ3n) is 4.13. The number of hydrogen-bond donors (Lipinski definition) is 0. The van der Waals surface area contributed by atoms with Crippen LogP contribution in [0.4, 0.5) is 0 Å². The van der Waals surface area contributed by atoms with Crippen molar-refractivity contribution in [1.82, 2.24) is 0 Å². The molecule has 2 rings (SSSR count). The second kappa shape index (κ2) is 4.80. The number of rotatable bonds is 4. The van der Waals surface area contributed by atoms with Gasteiger partial charge in [-0.05, 0) is 23.7 Å². The second-order valence-electron chi connectivity index (χ2n) is 6.58. The molecule has 0 aliphatic carbocycles. The lowest BCUT2D eigenvalue weighted by Gasteiger charge is -2.36. The Morgan fingerprint density at radius 1 is 1.17 bits per heavy atom. The fourth-order valence-electron chi connectivity index (χ4n) is 1.71. The van der Waals surface area contributed by atoms with Crippen LogP contribution in [-0.4, -0.2) is 21.0 Å². The Bertz CT molecular complexity index is 395. The molecule has 1 saturated heterocycles. The van der Waals surface area contributed by atoms with Crippen molar-refractivity contribution in [3.8, 4) is 0 Å². The smallest absolute Gasteiger partial charge is 0.192 e. The highest BCUT2D eigenvalue weighted by Gasteiger charge is 2.44. The summed E-state index contributed by atoms with van der Waals surface area (Å²) in [6.07, 6.45) is 0.498. The third-order valence-corrected chi connectivity index (χ3v) is 8.63. The van der Waals surface area contributed by atoms with E-state index in [4.69, 9.17) is 9.16 Å². The lowest BCUT2D eigenvalue weighted by molar-refractivity contribution is 0.242. The van der Waals surface area contributed by atoms with Gasteiger partial charge in [-0.2, -0.15) is 0 Å². The van der Waals surface area contributed by atoms with Gasteiger partial charge < -0.3 is 9.16 Å². The minimum atomic E-state index is -1.64. The fraction of sp³-hybridized carbons (Fsp3) is 0.600. The van der Waals surface area contributed by atoms with Gasteiger partial charge in [0.15, 0.2) is 8.32 Å². The molecule has 2 nitrogen and oxygen atoms in total. The van der Waals surface area contributed by atoms with Crippen molar-refractivity contribution in [2.45, 2.75) is 51.1 Å². The summed E-state index contributed by atoms with van der Waals surface area (Å²) >= 11 is 0. The van der Waals surface area contributed by atoms with Gasteiger partial charge in [0.05, 0.1) is 6.61 Å². The molecule has 2 atom stereocenters. The van der Waals surface area contributed by atoms with Gasteiger partial charge in [0, 0.05) is 0 Å². The molecule has 0 saturated carbocycles. The van der Waals surface area contributed by atoms with Crippen LogP contribution in [0.5, 0.6) is 0 Å². The average Bonchev–Trinajstić information content (AvgIpc) is 3.06. The van der Waals surface area contributed by atoms with E-state index in [1.807, 2.05) is 6.07 Å². The van der Waals surface area contributed by atoms with Gasteiger partial charge in [0.1, 0.15) is 12.2 Å². The van der Waals surface area contributed by atoms with Crippen molar-refractivity contribution in [2.24, 2.45) is 0 Å². The first-order chi connectivity index (χ1) is 8.31. The summed E-state index contributed by atoms with van der Waals surface area (Å²) in [5, 5.41) is 0.268. The van der Waals surface area contributed by atoms with E-state index < -0.39 is 8.32 Å². The molecule has 18 heavy (non-hydrogen) atoms. The Morgan fingerprint density at radius 2 is 1.78 bits per heavy atom. The predicted octanol–water partition coefficient (Wildman–Crippen LogP) is 4.15. The zero-order chi connectivity index (χ0) is 13.4. The number of hydrogen-bond acceptors (Lipinski definition) is 2. The van der Waals surface area contributed by atoms with E-state index >= 15 is 0 Å². The molecule has 100 valence electrons. The van der Waals surface area contributed by atoms with Crippen molar-refractivity contribution in [3.63, 3.8) is 0 Å². The van der Waals surface area contributed by atoms with Gasteiger partial charge in [-0.25, -0.2) is 0 Å². The minimum absolute atomic E-state index is 0.246. The molecule has 0 bridgehead atoms. The van der Waals surface area contributed by atoms with Crippen molar-refractivity contribution in [2.75, 3.05) is 6.61 Å². The van der Waals surface area contributed by atoms with Crippen LogP contribution in [0.3, 0.4) is 0 Å². The highest BCUT2D eigenvalue weighted by Crippen LogP contribution is 2.41. The predicted molar refractivity (Wildman–Crippen MR) is 77.2 cm³/mol. The Labute approximate surface area is 111 Å². The second-order valence-corrected chi connectivity index (χ2v) is 11.4. The van der Waals surface area contributed by atoms with E-state index in [2.05, 4.69) is 58.1 Å². The van der Waals surface area contributed by atoms with Crippen molar-refractivity contribution >= 4 is 8.32 Å². The van der Waals surface area contributed by atoms with Crippen LogP contribution in [0.25, 0.3) is 0 Å². The van der Waals surface area contributed by atoms with Crippen LogP contribution < -0.4 is 0 Å². The molecule has 0 amide bonds. The molecule has 0 radical (unpaired) electrons. The number of benzene rings is 1. The molecule has 3 heteroatoms. The van der Waals surface area contributed by atoms with Crippen molar-refractivity contribution in [3.05, 3.63) is 35.9 Å². The topological polar surface area (TPSA) is 21.8 Å². The standard InChI is InChI=1S/C15H24O2Si/c1-15(2,3)18(4,5)16-11-13-14(17-13)12-9-7-6-8-10-12/h6-10,13-14H,11H2,1-5H3/t13-,14-/m1/s1. The van der Waals surface area contributed by atoms with E-state index in [0.29, 0.717) is 0 Å². The van der Waals surface area contributed by atoms with E-state index in [0.717, 1.165) is 6.61 Å². The Balaban J connectivity index is 1.85. The Morgan fingerprint density at radius 3 is 2.33 bits per heavy atom. The fourth-order valence-corrected chi connectivity index (χ4v) is 2.73. The first-order valence-electron chi connectivity index (χ1n) is 6.66. The lowest BCUT2D eigenvalue weighted by Crippen LogP contribution is -2.41. The lowest BCUT2D eigenvalue weighted by atomic mass is 10.1. The van der Waals surface area contributed by atoms with Crippen molar-refractivity contribution < 1.29 is 9.16 Å². The average molecular weight is 264 g/mol. The zero-order valence-electron chi connectivity index (χ0n) is 12.1. The van der Waals surface area contributed by atoms with E-state index in [-0.39, 0.29) is 17.2 Å². The summed E-state index contributed by atoms with van der Waals surface area (Å²) in [7, 11) is -1.64. The summed E-state index contributed by atoms with van der Waals surface area (Å²) in [6.45, 7) is 12.1. The van der Waals surface area contributed by atoms with Crippen LogP contribution in [-0.2, 0) is 9.16 Å². The zero-order valence-corrected chi connectivity index (χ0v) is 13.1. The van der Waals surface area contributed by atoms with Crippen molar-refractivity contribution in [1.29, 1.82) is 0 Å². The Kier molecular flexibility index (Phi) is 3.67. The SMILES string of the molecule is CC(C)(C)[Si](C)(C)OC[C@H]1O[C@@H]1c1ccccc1. The maximum atomic E-state index is 6.18. The summed E-state index contributed by atoms with van der Waals surface area (Å²) < 4.78 is 11.9. The Hall–Kier alpha value is -0.643. The largest absolute Gasteiger partial charge is 0.414 e. The molecule has 0 N–H and O–H groups in total. The summed E-state index contributed by atoms with van der Waals surface area (Å²) in [6, 6.07) is 10.4. The highest BCUT2D eigenvalue weighted by atomic mass is 28.4. The molecule has 0 spiro atoms. The molecule has 1 aliphatic heterocycles. The number of ether oxygens (including phenoxy) is 1. The third kappa shape index (κ3) is 3.02. The van der Waals surface area contributed by atoms with E-state index in [1.54, 1.807) is 0 Å². The highest BCUT2D eigenvalue weighted by molar-refractivity contribution is 6.74. The molecule has 0 unspecified atom stereocenters. The maximum absolute atomic E-state index is 6.18. The quantitative estimate of drug-likeness (QED) is 0.602. The van der Waals surface area contributed by atoms with Gasteiger partial charge in [0.2, 0.25) is 0 Å². The normalized spacial score (nSPS) is 24.1. The summed E-state index contributed by atoms with van der Waals surface area (Å²) in [5.41, 5.74) is 1.27. The van der Waals surface area contributed by atoms with Crippen LogP contribution in [0, 0.1) is 0 Å². The number of epoxide rings is 1. The summed E-state index contributed by atoms with van der Waals surface area (Å²) in [4.78, 5) is 0. The van der Waals surface area contributed by atoms with Crippen LogP contribution in [0.15, 0.2) is 30.3 Å². The molecule has 1 aromatic rings. The van der Waals surface area contributed by atoms with Crippen LogP contribution >= 0.6 is 0 Å². The monoisotopic (exact) mass is 264 g/mol. The van der Waals surface area contributed by atoms with Gasteiger partial charge in [-0.1, -0.05) is 51.1 Å².